The summed E-state index contributed by atoms with van der Waals surface area (Å²) < 4.78 is 5.35. The lowest BCUT2D eigenvalue weighted by atomic mass is 10.2. The van der Waals surface area contributed by atoms with Gasteiger partial charge in [0.2, 0.25) is 11.9 Å². The number of anilines is 6. The molecule has 0 saturated heterocycles. The average Bonchev–Trinajstić information content (AvgIpc) is 2.63. The number of benzene rings is 2. The van der Waals surface area contributed by atoms with E-state index in [1.165, 1.54) is 6.33 Å². The summed E-state index contributed by atoms with van der Waals surface area (Å²) in [4.78, 5) is 12.7. The molecular weight excluding hydrogens is 330 g/mol. The molecule has 0 amide bonds. The zero-order valence-electron chi connectivity index (χ0n) is 14.7. The van der Waals surface area contributed by atoms with Crippen molar-refractivity contribution in [3.63, 3.8) is 0 Å². The molecule has 0 fully saturated rings. The Kier molecular flexibility index (Phi) is 5.33. The van der Waals surface area contributed by atoms with Crippen LogP contribution in [0.15, 0.2) is 48.8 Å². The molecule has 8 heteroatoms. The molecule has 1 heterocycles. The largest absolute Gasteiger partial charge is 0.492 e. The lowest BCUT2D eigenvalue weighted by molar-refractivity contribution is 0.418. The van der Waals surface area contributed by atoms with Gasteiger partial charge >= 0.3 is 0 Å². The van der Waals surface area contributed by atoms with Crippen LogP contribution in [-0.2, 0) is 0 Å². The number of nitrogens with two attached hydrogens (primary N) is 1. The van der Waals surface area contributed by atoms with Crippen LogP contribution in [0, 0.1) is 0 Å². The Morgan fingerprint density at radius 2 is 1.69 bits per heavy atom. The second-order valence-corrected chi connectivity index (χ2v) is 5.43. The Morgan fingerprint density at radius 3 is 2.35 bits per heavy atom. The number of aromatic nitrogens is 3. The normalized spacial score (nSPS) is 10.2. The number of nitrogen functional groups attached to an aromatic ring is 1. The molecule has 5 N–H and O–H groups in total. The van der Waals surface area contributed by atoms with Crippen LogP contribution in [0.5, 0.6) is 5.75 Å². The Bertz CT molecular complexity index is 871. The molecule has 8 nitrogen and oxygen atoms in total. The maximum Gasteiger partial charge on any atom is 0.232 e. The van der Waals surface area contributed by atoms with Crippen molar-refractivity contribution in [2.75, 3.05) is 35.3 Å². The molecule has 0 unspecified atom stereocenters. The third-order valence-electron chi connectivity index (χ3n) is 3.55. The zero-order chi connectivity index (χ0) is 18.4. The van der Waals surface area contributed by atoms with Gasteiger partial charge in [-0.1, -0.05) is 18.2 Å². The van der Waals surface area contributed by atoms with E-state index in [0.29, 0.717) is 23.3 Å². The summed E-state index contributed by atoms with van der Waals surface area (Å²) >= 11 is 0. The lowest BCUT2D eigenvalue weighted by Crippen LogP contribution is -2.05. The molecule has 1 aromatic heterocycles. The van der Waals surface area contributed by atoms with Crippen LogP contribution in [0.3, 0.4) is 0 Å². The van der Waals surface area contributed by atoms with Gasteiger partial charge < -0.3 is 26.4 Å². The first-order valence-corrected chi connectivity index (χ1v) is 8.19. The minimum Gasteiger partial charge on any atom is -0.492 e. The Hall–Kier alpha value is -3.55. The van der Waals surface area contributed by atoms with Crippen molar-refractivity contribution in [2.24, 2.45) is 0 Å². The van der Waals surface area contributed by atoms with Crippen molar-refractivity contribution in [2.45, 2.75) is 6.92 Å². The number of para-hydroxylation sites is 1. The SMILES string of the molecule is CCNc1cc(Nc2ncnc(Nc3ccccc3)n2)cc(N)c1OC. The van der Waals surface area contributed by atoms with Gasteiger partial charge in [0.05, 0.1) is 18.5 Å². The van der Waals surface area contributed by atoms with Crippen LogP contribution in [0.2, 0.25) is 0 Å². The molecule has 0 aliphatic carbocycles. The fourth-order valence-corrected chi connectivity index (χ4v) is 2.47. The predicted octanol–water partition coefficient (Wildman–Crippen LogP) is 3.38. The van der Waals surface area contributed by atoms with Crippen molar-refractivity contribution in [3.8, 4) is 5.75 Å². The van der Waals surface area contributed by atoms with Gasteiger partial charge in [-0.15, -0.1) is 0 Å². The number of hydrogen-bond acceptors (Lipinski definition) is 8. The van der Waals surface area contributed by atoms with E-state index in [-0.39, 0.29) is 0 Å². The summed E-state index contributed by atoms with van der Waals surface area (Å²) in [6.45, 7) is 2.75. The smallest absolute Gasteiger partial charge is 0.232 e. The van der Waals surface area contributed by atoms with Gasteiger partial charge in [0.25, 0.3) is 0 Å². The second-order valence-electron chi connectivity index (χ2n) is 5.43. The van der Waals surface area contributed by atoms with Gasteiger partial charge in [-0.25, -0.2) is 9.97 Å². The summed E-state index contributed by atoms with van der Waals surface area (Å²) in [5.41, 5.74) is 9.04. The first kappa shape index (κ1) is 17.3. The highest BCUT2D eigenvalue weighted by Crippen LogP contribution is 2.35. The van der Waals surface area contributed by atoms with Crippen LogP contribution in [0.4, 0.5) is 34.6 Å². The molecule has 0 radical (unpaired) electrons. The summed E-state index contributed by atoms with van der Waals surface area (Å²) in [5.74, 6) is 1.46. The highest BCUT2D eigenvalue weighted by molar-refractivity contribution is 5.77. The zero-order valence-corrected chi connectivity index (χ0v) is 14.7. The van der Waals surface area contributed by atoms with Crippen molar-refractivity contribution in [3.05, 3.63) is 48.8 Å². The highest BCUT2D eigenvalue weighted by Gasteiger charge is 2.10. The summed E-state index contributed by atoms with van der Waals surface area (Å²) in [5, 5.41) is 9.50. The average molecular weight is 351 g/mol. The quantitative estimate of drug-likeness (QED) is 0.480. The van der Waals surface area contributed by atoms with Gasteiger partial charge in [-0.05, 0) is 31.2 Å². The fraction of sp³-hybridized carbons (Fsp3) is 0.167. The molecule has 0 saturated carbocycles. The molecule has 26 heavy (non-hydrogen) atoms. The number of nitrogens with one attached hydrogen (secondary N) is 3. The molecule has 0 aliphatic heterocycles. The van der Waals surface area contributed by atoms with Crippen LogP contribution in [0.25, 0.3) is 0 Å². The minimum absolute atomic E-state index is 0.408. The highest BCUT2D eigenvalue weighted by atomic mass is 16.5. The van der Waals surface area contributed by atoms with Crippen LogP contribution >= 0.6 is 0 Å². The van der Waals surface area contributed by atoms with Crippen LogP contribution < -0.4 is 26.4 Å². The molecule has 0 spiro atoms. The second kappa shape index (κ2) is 8.02. The summed E-state index contributed by atoms with van der Waals surface area (Å²) in [6, 6.07) is 13.4. The third kappa shape index (κ3) is 4.10. The minimum atomic E-state index is 0.408. The van der Waals surface area contributed by atoms with E-state index in [2.05, 4.69) is 30.9 Å². The van der Waals surface area contributed by atoms with Gasteiger partial charge in [-0.2, -0.15) is 4.98 Å². The van der Waals surface area contributed by atoms with Crippen LogP contribution in [-0.4, -0.2) is 28.6 Å². The van der Waals surface area contributed by atoms with Gasteiger partial charge in [0.15, 0.2) is 5.75 Å². The molecule has 3 aromatic rings. The van der Waals surface area contributed by atoms with Crippen LogP contribution in [0.1, 0.15) is 6.92 Å². The first-order valence-electron chi connectivity index (χ1n) is 8.19. The Morgan fingerprint density at radius 1 is 1.00 bits per heavy atom. The summed E-state index contributed by atoms with van der Waals surface area (Å²) in [7, 11) is 1.59. The topological polar surface area (TPSA) is 110 Å². The molecular formula is C18H21N7O. The van der Waals surface area contributed by atoms with E-state index < -0.39 is 0 Å². The van der Waals surface area contributed by atoms with E-state index >= 15 is 0 Å². The number of methoxy groups -OCH3 is 1. The molecule has 0 aliphatic rings. The maximum absolute atomic E-state index is 6.08. The fourth-order valence-electron chi connectivity index (χ4n) is 2.47. The van der Waals surface area contributed by atoms with Crippen molar-refractivity contribution in [1.82, 2.24) is 15.0 Å². The third-order valence-corrected chi connectivity index (χ3v) is 3.55. The maximum atomic E-state index is 6.08. The van der Waals surface area contributed by atoms with Crippen molar-refractivity contribution < 1.29 is 4.74 Å². The van der Waals surface area contributed by atoms with E-state index in [0.717, 1.165) is 23.6 Å². The first-order chi connectivity index (χ1) is 12.7. The van der Waals surface area contributed by atoms with Gasteiger partial charge in [0.1, 0.15) is 6.33 Å². The molecule has 0 bridgehead atoms. The van der Waals surface area contributed by atoms with Gasteiger partial charge in [0, 0.05) is 17.9 Å². The number of nitrogens with zero attached hydrogens (tertiary/aromatic N) is 3. The van der Waals surface area contributed by atoms with E-state index in [4.69, 9.17) is 10.5 Å². The Balaban J connectivity index is 1.81. The predicted molar refractivity (Wildman–Crippen MR) is 104 cm³/mol. The standard InChI is InChI=1S/C18H21N7O/c1-3-20-15-10-13(9-14(19)16(15)26-2)24-18-22-11-21-17(25-18)23-12-7-5-4-6-8-12/h4-11,20H,3,19H2,1-2H3,(H2,21,22,23,24,25). The lowest BCUT2D eigenvalue weighted by Gasteiger charge is -2.15. The molecule has 3 rings (SSSR count). The van der Waals surface area contributed by atoms with E-state index in [9.17, 15) is 0 Å². The number of hydrogen-bond donors (Lipinski definition) is 4. The van der Waals surface area contributed by atoms with E-state index in [1.807, 2.05) is 43.3 Å². The van der Waals surface area contributed by atoms with Crippen molar-refractivity contribution >= 4 is 34.6 Å². The number of ether oxygens (including phenoxy) is 1. The van der Waals surface area contributed by atoms with Gasteiger partial charge in [-0.3, -0.25) is 0 Å². The summed E-state index contributed by atoms with van der Waals surface area (Å²) in [6.07, 6.45) is 1.44. The monoisotopic (exact) mass is 351 g/mol. The van der Waals surface area contributed by atoms with Crippen molar-refractivity contribution in [1.29, 1.82) is 0 Å². The molecule has 2 aromatic carbocycles. The Labute approximate surface area is 151 Å². The molecule has 0 atom stereocenters. The van der Waals surface area contributed by atoms with E-state index in [1.54, 1.807) is 13.2 Å². The number of rotatable bonds is 7. The molecule has 134 valence electrons.